The molecule has 5 heteroatoms. The third kappa shape index (κ3) is 16.0. The van der Waals surface area contributed by atoms with Crippen molar-refractivity contribution >= 4 is 27.6 Å². The minimum atomic E-state index is -0.166. The van der Waals surface area contributed by atoms with E-state index >= 15 is 0 Å². The fourth-order valence-corrected chi connectivity index (χ4v) is 2.23. The summed E-state index contributed by atoms with van der Waals surface area (Å²) in [6, 6.07) is 17.8. The third-order valence-electron chi connectivity index (χ3n) is 2.97. The van der Waals surface area contributed by atoms with E-state index in [1.807, 2.05) is 50.2 Å². The number of urea groups is 1. The first-order chi connectivity index (χ1) is 10.9. The van der Waals surface area contributed by atoms with Gasteiger partial charge in [0.05, 0.1) is 0 Å². The zero-order chi connectivity index (χ0) is 17.2. The van der Waals surface area contributed by atoms with Crippen LogP contribution in [0.5, 0.6) is 0 Å². The first-order valence-corrected chi connectivity index (χ1v) is 8.55. The van der Waals surface area contributed by atoms with Crippen molar-refractivity contribution < 1.29 is 37.5 Å². The molecule has 3 nitrogen and oxygen atoms in total. The van der Waals surface area contributed by atoms with E-state index in [2.05, 4.69) is 58.6 Å². The van der Waals surface area contributed by atoms with E-state index in [9.17, 15) is 4.79 Å². The Labute approximate surface area is 201 Å². The van der Waals surface area contributed by atoms with Crippen LogP contribution in [0.25, 0.3) is 0 Å². The van der Waals surface area contributed by atoms with Gasteiger partial charge in [0, 0.05) is 48.9 Å². The molecule has 2 rings (SSSR count). The molecule has 27 heavy (non-hydrogen) atoms. The Kier molecular flexibility index (Phi) is 23.4. The van der Waals surface area contributed by atoms with E-state index in [4.69, 9.17) is 0 Å². The quantitative estimate of drug-likeness (QED) is 0.433. The number of anilines is 1. The molecule has 0 spiro atoms. The van der Waals surface area contributed by atoms with Gasteiger partial charge < -0.3 is 10.6 Å². The van der Waals surface area contributed by atoms with Gasteiger partial charge in [0.1, 0.15) is 0 Å². The predicted molar refractivity (Wildman–Crippen MR) is 122 cm³/mol. The SMILES string of the molecule is C.C.C.CC(C)NC(=O)Nc1ccccc1.CC(C)c1cccc(Br)c1.[Y]. The van der Waals surface area contributed by atoms with Crippen molar-refractivity contribution in [2.45, 2.75) is 61.9 Å². The van der Waals surface area contributed by atoms with Crippen molar-refractivity contribution in [3.8, 4) is 0 Å². The van der Waals surface area contributed by atoms with Crippen molar-refractivity contribution in [3.05, 3.63) is 64.6 Å². The largest absolute Gasteiger partial charge is 0.336 e. The van der Waals surface area contributed by atoms with E-state index < -0.39 is 0 Å². The maximum Gasteiger partial charge on any atom is 0.319 e. The molecule has 0 aliphatic heterocycles. The maximum absolute atomic E-state index is 11.2. The molecule has 0 aliphatic carbocycles. The standard InChI is InChI=1S/C10H14N2O.C9H11Br.3CH4.Y/c1-8(2)11-10(13)12-9-6-4-3-5-7-9;1-7(2)8-4-3-5-9(10)6-8;;;;/h3-8H,1-2H3,(H2,11,12,13);3-7H,1-2H3;3*1H4;. The summed E-state index contributed by atoms with van der Waals surface area (Å²) in [7, 11) is 0. The molecule has 151 valence electrons. The Balaban J connectivity index is -0.000000174. The summed E-state index contributed by atoms with van der Waals surface area (Å²) in [4.78, 5) is 11.2. The molecule has 2 aromatic rings. The summed E-state index contributed by atoms with van der Waals surface area (Å²) in [5, 5.41) is 5.46. The minimum absolute atomic E-state index is 0. The van der Waals surface area contributed by atoms with Gasteiger partial charge in [-0.15, -0.1) is 0 Å². The van der Waals surface area contributed by atoms with Gasteiger partial charge in [-0.2, -0.15) is 0 Å². The van der Waals surface area contributed by atoms with Gasteiger partial charge in [-0.1, -0.05) is 82.4 Å². The number of hydrogen-bond donors (Lipinski definition) is 2. The number of para-hydroxylation sites is 1. The van der Waals surface area contributed by atoms with Crippen LogP contribution < -0.4 is 10.6 Å². The predicted octanol–water partition coefficient (Wildman–Crippen LogP) is 7.69. The average molecular weight is 514 g/mol. The summed E-state index contributed by atoms with van der Waals surface area (Å²) in [6.45, 7) is 8.23. The molecule has 0 saturated heterocycles. The van der Waals surface area contributed by atoms with Gasteiger partial charge in [-0.05, 0) is 49.6 Å². The Morgan fingerprint density at radius 3 is 1.85 bits per heavy atom. The van der Waals surface area contributed by atoms with Gasteiger partial charge >= 0.3 is 6.03 Å². The zero-order valence-electron chi connectivity index (χ0n) is 14.7. The summed E-state index contributed by atoms with van der Waals surface area (Å²) in [5.41, 5.74) is 2.19. The number of amides is 2. The maximum atomic E-state index is 11.2. The molecule has 0 fully saturated rings. The normalized spacial score (nSPS) is 8.56. The van der Waals surface area contributed by atoms with Crippen molar-refractivity contribution in [3.63, 3.8) is 0 Å². The molecule has 0 bridgehead atoms. The van der Waals surface area contributed by atoms with Gasteiger partial charge in [-0.25, -0.2) is 4.79 Å². The number of hydrogen-bond acceptors (Lipinski definition) is 1. The van der Waals surface area contributed by atoms with Crippen LogP contribution in [0.15, 0.2) is 59.1 Å². The molecule has 0 heterocycles. The van der Waals surface area contributed by atoms with Gasteiger partial charge in [0.15, 0.2) is 0 Å². The Hall–Kier alpha value is -0.706. The van der Waals surface area contributed by atoms with Crippen LogP contribution in [0.4, 0.5) is 10.5 Å². The molecule has 0 aromatic heterocycles. The summed E-state index contributed by atoms with van der Waals surface area (Å²) >= 11 is 3.43. The fraction of sp³-hybridized carbons (Fsp3) is 0.409. The summed E-state index contributed by atoms with van der Waals surface area (Å²) < 4.78 is 1.17. The number of benzene rings is 2. The van der Waals surface area contributed by atoms with Crippen molar-refractivity contribution in [2.75, 3.05) is 5.32 Å². The van der Waals surface area contributed by atoms with Crippen LogP contribution >= 0.6 is 15.9 Å². The molecular weight excluding hydrogens is 477 g/mol. The second-order valence-electron chi connectivity index (χ2n) is 5.83. The van der Waals surface area contributed by atoms with E-state index in [-0.39, 0.29) is 67.1 Å². The minimum Gasteiger partial charge on any atom is -0.336 e. The van der Waals surface area contributed by atoms with E-state index in [1.165, 1.54) is 10.0 Å². The van der Waals surface area contributed by atoms with E-state index in [1.54, 1.807) is 0 Å². The van der Waals surface area contributed by atoms with Crippen LogP contribution in [0.1, 0.15) is 61.5 Å². The molecule has 2 N–H and O–H groups in total. The van der Waals surface area contributed by atoms with E-state index in [0.29, 0.717) is 5.92 Å². The first kappa shape index (κ1) is 33.8. The second kappa shape index (κ2) is 18.6. The number of carbonyl (C=O) groups excluding carboxylic acids is 1. The number of carbonyl (C=O) groups is 1. The number of halogens is 1. The molecule has 2 aromatic carbocycles. The molecule has 2 amide bonds. The van der Waals surface area contributed by atoms with Crippen LogP contribution in [0.2, 0.25) is 0 Å². The molecule has 0 atom stereocenters. The second-order valence-corrected chi connectivity index (χ2v) is 6.74. The van der Waals surface area contributed by atoms with Crippen molar-refractivity contribution in [2.24, 2.45) is 0 Å². The molecular formula is C22H37BrN2OY. The molecule has 0 aliphatic rings. The monoisotopic (exact) mass is 513 g/mol. The van der Waals surface area contributed by atoms with Crippen molar-refractivity contribution in [1.82, 2.24) is 5.32 Å². The van der Waals surface area contributed by atoms with Gasteiger partial charge in [0.2, 0.25) is 0 Å². The van der Waals surface area contributed by atoms with Gasteiger partial charge in [0.25, 0.3) is 0 Å². The Morgan fingerprint density at radius 1 is 0.889 bits per heavy atom. The van der Waals surface area contributed by atoms with Crippen LogP contribution in [0, 0.1) is 0 Å². The van der Waals surface area contributed by atoms with Crippen LogP contribution in [-0.2, 0) is 32.7 Å². The summed E-state index contributed by atoms with van der Waals surface area (Å²) in [6.07, 6.45) is 0. The third-order valence-corrected chi connectivity index (χ3v) is 3.46. The molecule has 1 radical (unpaired) electrons. The molecule has 0 saturated carbocycles. The average Bonchev–Trinajstić information content (AvgIpc) is 2.48. The van der Waals surface area contributed by atoms with Crippen LogP contribution in [0.3, 0.4) is 0 Å². The molecule has 0 unspecified atom stereocenters. The summed E-state index contributed by atoms with van der Waals surface area (Å²) in [5.74, 6) is 0.623. The Bertz CT molecular complexity index is 604. The zero-order valence-corrected chi connectivity index (χ0v) is 19.1. The number of nitrogens with one attached hydrogen (secondary N) is 2. The van der Waals surface area contributed by atoms with Crippen molar-refractivity contribution in [1.29, 1.82) is 0 Å². The number of rotatable bonds is 3. The van der Waals surface area contributed by atoms with E-state index in [0.717, 1.165) is 5.69 Å². The first-order valence-electron chi connectivity index (χ1n) is 7.76. The van der Waals surface area contributed by atoms with Crippen LogP contribution in [-0.4, -0.2) is 12.1 Å². The van der Waals surface area contributed by atoms with Gasteiger partial charge in [-0.3, -0.25) is 0 Å². The Morgan fingerprint density at radius 2 is 1.44 bits per heavy atom. The smallest absolute Gasteiger partial charge is 0.319 e. The topological polar surface area (TPSA) is 41.1 Å². The fourth-order valence-electron chi connectivity index (χ4n) is 1.82.